The minimum atomic E-state index is -0.329. The zero-order valence-corrected chi connectivity index (χ0v) is 9.46. The van der Waals surface area contributed by atoms with E-state index < -0.39 is 0 Å². The number of carbonyl (C=O) groups excluding carboxylic acids is 1. The first-order chi connectivity index (χ1) is 7.65. The lowest BCUT2D eigenvalue weighted by Gasteiger charge is -2.19. The Kier molecular flexibility index (Phi) is 2.92. The van der Waals surface area contributed by atoms with E-state index in [4.69, 9.17) is 0 Å². The Morgan fingerprint density at radius 2 is 2.25 bits per heavy atom. The highest BCUT2D eigenvalue weighted by Crippen LogP contribution is 2.27. The van der Waals surface area contributed by atoms with Crippen molar-refractivity contribution in [3.8, 4) is 0 Å². The van der Waals surface area contributed by atoms with Crippen LogP contribution < -0.4 is 10.2 Å². The minimum Gasteiger partial charge on any atom is -0.309 e. The number of benzene rings is 1. The van der Waals surface area contributed by atoms with Crippen LogP contribution >= 0.6 is 0 Å². The molecule has 1 unspecified atom stereocenters. The summed E-state index contributed by atoms with van der Waals surface area (Å²) in [4.78, 5) is 13.5. The molecular formula is C12H15FN2O. The van der Waals surface area contributed by atoms with Gasteiger partial charge in [-0.1, -0.05) is 12.1 Å². The van der Waals surface area contributed by atoms with E-state index in [1.807, 2.05) is 13.0 Å². The molecule has 0 radical (unpaired) electrons. The van der Waals surface area contributed by atoms with Crippen molar-refractivity contribution in [1.29, 1.82) is 0 Å². The molecular weight excluding hydrogens is 207 g/mol. The summed E-state index contributed by atoms with van der Waals surface area (Å²) in [6.07, 6.45) is 0.725. The molecule has 2 rings (SSSR count). The molecule has 3 nitrogen and oxygen atoms in total. The Labute approximate surface area is 94.3 Å². The van der Waals surface area contributed by atoms with Crippen LogP contribution in [0.25, 0.3) is 0 Å². The Bertz CT molecular complexity index is 399. The molecule has 1 aliphatic heterocycles. The van der Waals surface area contributed by atoms with Crippen molar-refractivity contribution in [2.45, 2.75) is 19.4 Å². The first-order valence-corrected chi connectivity index (χ1v) is 5.39. The second-order valence-corrected chi connectivity index (χ2v) is 4.03. The lowest BCUT2D eigenvalue weighted by Crippen LogP contribution is -2.36. The van der Waals surface area contributed by atoms with Gasteiger partial charge in [0.05, 0.1) is 11.7 Å². The average Bonchev–Trinajstić information content (AvgIpc) is 2.60. The zero-order valence-electron chi connectivity index (χ0n) is 9.46. The number of anilines is 1. The number of nitrogens with one attached hydrogen (secondary N) is 1. The number of amides is 1. The molecule has 4 heteroatoms. The van der Waals surface area contributed by atoms with E-state index in [0.717, 1.165) is 12.0 Å². The number of halogens is 1. The lowest BCUT2D eigenvalue weighted by atomic mass is 10.1. The summed E-state index contributed by atoms with van der Waals surface area (Å²) < 4.78 is 13.7. The number of hydrogen-bond acceptors (Lipinski definition) is 2. The van der Waals surface area contributed by atoms with Gasteiger partial charge >= 0.3 is 0 Å². The second-order valence-electron chi connectivity index (χ2n) is 4.03. The number of carbonyl (C=O) groups is 1. The van der Waals surface area contributed by atoms with Gasteiger partial charge in [-0.15, -0.1) is 0 Å². The molecule has 0 spiro atoms. The third-order valence-electron chi connectivity index (χ3n) is 3.01. The number of nitrogens with zero attached hydrogens (tertiary/aromatic N) is 1. The molecule has 1 fully saturated rings. The SMILES string of the molecule is CNC1CCN(c2c(C)cccc2F)C1=O. The molecule has 0 bridgehead atoms. The predicted molar refractivity (Wildman–Crippen MR) is 61.0 cm³/mol. The van der Waals surface area contributed by atoms with Crippen LogP contribution in [0, 0.1) is 12.7 Å². The predicted octanol–water partition coefficient (Wildman–Crippen LogP) is 1.46. The van der Waals surface area contributed by atoms with Crippen LogP contribution in [-0.4, -0.2) is 25.5 Å². The molecule has 1 atom stereocenters. The monoisotopic (exact) mass is 222 g/mol. The highest BCUT2D eigenvalue weighted by molar-refractivity contribution is 6.00. The molecule has 86 valence electrons. The van der Waals surface area contributed by atoms with Crippen LogP contribution in [0.5, 0.6) is 0 Å². The van der Waals surface area contributed by atoms with Gasteiger partial charge in [-0.2, -0.15) is 0 Å². The topological polar surface area (TPSA) is 32.3 Å². The summed E-state index contributed by atoms with van der Waals surface area (Å²) in [7, 11) is 1.75. The van der Waals surface area contributed by atoms with E-state index in [9.17, 15) is 9.18 Å². The van der Waals surface area contributed by atoms with Crippen LogP contribution in [0.15, 0.2) is 18.2 Å². The number of hydrogen-bond donors (Lipinski definition) is 1. The number of rotatable bonds is 2. The van der Waals surface area contributed by atoms with Gasteiger partial charge in [0.25, 0.3) is 0 Å². The summed E-state index contributed by atoms with van der Waals surface area (Å²) in [5.74, 6) is -0.374. The largest absolute Gasteiger partial charge is 0.309 e. The van der Waals surface area contributed by atoms with Crippen molar-refractivity contribution >= 4 is 11.6 Å². The van der Waals surface area contributed by atoms with Gasteiger partial charge in [0.1, 0.15) is 5.82 Å². The molecule has 1 saturated heterocycles. The van der Waals surface area contributed by atoms with E-state index in [0.29, 0.717) is 12.2 Å². The molecule has 0 aliphatic carbocycles. The van der Waals surface area contributed by atoms with Gasteiger partial charge in [0.15, 0.2) is 0 Å². The third kappa shape index (κ3) is 1.69. The molecule has 0 saturated carbocycles. The first-order valence-electron chi connectivity index (χ1n) is 5.39. The summed E-state index contributed by atoms with van der Waals surface area (Å²) in [6, 6.07) is 4.68. The molecule has 1 aromatic carbocycles. The summed E-state index contributed by atoms with van der Waals surface area (Å²) >= 11 is 0. The fraction of sp³-hybridized carbons (Fsp3) is 0.417. The van der Waals surface area contributed by atoms with E-state index in [2.05, 4.69) is 5.32 Å². The number of aryl methyl sites for hydroxylation is 1. The molecule has 0 aromatic heterocycles. The molecule has 1 amide bonds. The summed E-state index contributed by atoms with van der Waals surface area (Å²) in [5.41, 5.74) is 1.22. The van der Waals surface area contributed by atoms with Gasteiger partial charge in [0, 0.05) is 6.54 Å². The van der Waals surface area contributed by atoms with E-state index >= 15 is 0 Å². The molecule has 1 aliphatic rings. The highest BCUT2D eigenvalue weighted by Gasteiger charge is 2.33. The van der Waals surface area contributed by atoms with Crippen molar-refractivity contribution in [3.63, 3.8) is 0 Å². The lowest BCUT2D eigenvalue weighted by molar-refractivity contribution is -0.118. The fourth-order valence-corrected chi connectivity index (χ4v) is 2.13. The van der Waals surface area contributed by atoms with Crippen LogP contribution in [0.3, 0.4) is 0 Å². The van der Waals surface area contributed by atoms with E-state index in [-0.39, 0.29) is 17.8 Å². The van der Waals surface area contributed by atoms with Crippen LogP contribution in [-0.2, 0) is 4.79 Å². The van der Waals surface area contributed by atoms with Gasteiger partial charge in [-0.25, -0.2) is 4.39 Å². The van der Waals surface area contributed by atoms with Gasteiger partial charge in [0.2, 0.25) is 5.91 Å². The third-order valence-corrected chi connectivity index (χ3v) is 3.01. The van der Waals surface area contributed by atoms with E-state index in [1.54, 1.807) is 13.1 Å². The molecule has 1 aromatic rings. The Hall–Kier alpha value is -1.42. The summed E-state index contributed by atoms with van der Waals surface area (Å²) in [6.45, 7) is 2.39. The van der Waals surface area contributed by atoms with Crippen molar-refractivity contribution in [2.24, 2.45) is 0 Å². The highest BCUT2D eigenvalue weighted by atomic mass is 19.1. The van der Waals surface area contributed by atoms with Crippen LogP contribution in [0.2, 0.25) is 0 Å². The maximum Gasteiger partial charge on any atom is 0.244 e. The first kappa shape index (κ1) is 11.1. The summed E-state index contributed by atoms with van der Waals surface area (Å²) in [5, 5.41) is 2.94. The quantitative estimate of drug-likeness (QED) is 0.821. The normalized spacial score (nSPS) is 20.6. The van der Waals surface area contributed by atoms with Crippen LogP contribution in [0.1, 0.15) is 12.0 Å². The standard InChI is InChI=1S/C12H15FN2O/c1-8-4-3-5-9(13)11(8)15-7-6-10(14-2)12(15)16/h3-5,10,14H,6-7H2,1-2H3. The van der Waals surface area contributed by atoms with E-state index in [1.165, 1.54) is 11.0 Å². The van der Waals surface area contributed by atoms with Gasteiger partial charge in [-0.05, 0) is 32.0 Å². The number of para-hydroxylation sites is 1. The maximum atomic E-state index is 13.7. The maximum absolute atomic E-state index is 13.7. The van der Waals surface area contributed by atoms with Gasteiger partial charge < -0.3 is 10.2 Å². The Morgan fingerprint density at radius 3 is 2.81 bits per heavy atom. The van der Waals surface area contributed by atoms with Crippen LogP contribution in [0.4, 0.5) is 10.1 Å². The van der Waals surface area contributed by atoms with Crippen molar-refractivity contribution in [2.75, 3.05) is 18.5 Å². The van der Waals surface area contributed by atoms with Crippen molar-refractivity contribution in [3.05, 3.63) is 29.6 Å². The fourth-order valence-electron chi connectivity index (χ4n) is 2.13. The van der Waals surface area contributed by atoms with Crippen molar-refractivity contribution in [1.82, 2.24) is 5.32 Å². The zero-order chi connectivity index (χ0) is 11.7. The molecule has 16 heavy (non-hydrogen) atoms. The Balaban J connectivity index is 2.36. The van der Waals surface area contributed by atoms with Crippen molar-refractivity contribution < 1.29 is 9.18 Å². The Morgan fingerprint density at radius 1 is 1.50 bits per heavy atom. The van der Waals surface area contributed by atoms with Gasteiger partial charge in [-0.3, -0.25) is 4.79 Å². The molecule has 1 N–H and O–H groups in total. The minimum absolute atomic E-state index is 0.0456. The smallest absolute Gasteiger partial charge is 0.244 e. The molecule has 1 heterocycles. The number of likely N-dealkylation sites (N-methyl/N-ethyl adjacent to an activating group) is 1. The second kappa shape index (κ2) is 4.22. The average molecular weight is 222 g/mol.